The van der Waals surface area contributed by atoms with E-state index in [2.05, 4.69) is 12.2 Å². The van der Waals surface area contributed by atoms with E-state index < -0.39 is 10.0 Å². The molecule has 2 aliphatic rings. The van der Waals surface area contributed by atoms with E-state index in [0.29, 0.717) is 19.1 Å². The lowest BCUT2D eigenvalue weighted by Gasteiger charge is -2.19. The fraction of sp³-hybridized carbons (Fsp3) is 1.00. The van der Waals surface area contributed by atoms with Crippen LogP contribution in [0.4, 0.5) is 0 Å². The lowest BCUT2D eigenvalue weighted by Crippen LogP contribution is -2.36. The third-order valence-electron chi connectivity index (χ3n) is 2.97. The second-order valence-electron chi connectivity index (χ2n) is 4.29. The Bertz CT molecular complexity index is 298. The molecule has 0 aromatic carbocycles. The lowest BCUT2D eigenvalue weighted by molar-refractivity contribution is 0.428. The quantitative estimate of drug-likeness (QED) is 0.718. The van der Waals surface area contributed by atoms with Crippen LogP contribution in [-0.2, 0) is 10.0 Å². The summed E-state index contributed by atoms with van der Waals surface area (Å²) in [6, 6.07) is 0.439. The smallest absolute Gasteiger partial charge is 0.217 e. The Balaban J connectivity index is 2.03. The van der Waals surface area contributed by atoms with Crippen LogP contribution < -0.4 is 5.32 Å². The van der Waals surface area contributed by atoms with Crippen LogP contribution in [0.15, 0.2) is 0 Å². The van der Waals surface area contributed by atoms with Crippen molar-refractivity contribution in [3.63, 3.8) is 0 Å². The van der Waals surface area contributed by atoms with E-state index in [4.69, 9.17) is 0 Å². The SMILES string of the molecule is CC1CCN(S(=O)(=O)C2CC2)CCN1. The standard InChI is InChI=1S/C9H18N2O2S/c1-8-4-6-11(7-5-10-8)14(12,13)9-2-3-9/h8-10H,2-7H2,1H3. The second kappa shape index (κ2) is 3.79. The van der Waals surface area contributed by atoms with Crippen molar-refractivity contribution in [3.05, 3.63) is 0 Å². The van der Waals surface area contributed by atoms with E-state index in [1.165, 1.54) is 0 Å². The van der Waals surface area contributed by atoms with Crippen molar-refractivity contribution in [2.75, 3.05) is 19.6 Å². The molecule has 0 spiro atoms. The molecule has 1 aliphatic carbocycles. The van der Waals surface area contributed by atoms with Crippen molar-refractivity contribution in [1.82, 2.24) is 9.62 Å². The zero-order valence-electron chi connectivity index (χ0n) is 8.57. The molecule has 1 unspecified atom stereocenters. The molecule has 82 valence electrons. The Hall–Kier alpha value is -0.130. The highest BCUT2D eigenvalue weighted by atomic mass is 32.2. The van der Waals surface area contributed by atoms with Crippen molar-refractivity contribution < 1.29 is 8.42 Å². The maximum Gasteiger partial charge on any atom is 0.217 e. The van der Waals surface area contributed by atoms with Gasteiger partial charge in [-0.15, -0.1) is 0 Å². The Morgan fingerprint density at radius 1 is 1.21 bits per heavy atom. The molecule has 5 heteroatoms. The van der Waals surface area contributed by atoms with Crippen LogP contribution in [0.2, 0.25) is 0 Å². The highest BCUT2D eigenvalue weighted by Gasteiger charge is 2.40. The van der Waals surface area contributed by atoms with Crippen molar-refractivity contribution in [2.24, 2.45) is 0 Å². The number of rotatable bonds is 2. The zero-order chi connectivity index (χ0) is 10.2. The Kier molecular flexibility index (Phi) is 2.81. The Morgan fingerprint density at radius 3 is 2.57 bits per heavy atom. The fourth-order valence-corrected chi connectivity index (χ4v) is 3.68. The van der Waals surface area contributed by atoms with Crippen LogP contribution in [0, 0.1) is 0 Å². The van der Waals surface area contributed by atoms with E-state index in [1.807, 2.05) is 0 Å². The van der Waals surface area contributed by atoms with E-state index >= 15 is 0 Å². The molecule has 0 bridgehead atoms. The first-order valence-corrected chi connectivity index (χ1v) is 6.83. The van der Waals surface area contributed by atoms with Crippen LogP contribution in [-0.4, -0.2) is 43.6 Å². The molecular formula is C9H18N2O2S. The first kappa shape index (κ1) is 10.4. The van der Waals surface area contributed by atoms with Gasteiger partial charge in [-0.25, -0.2) is 12.7 Å². The first-order valence-electron chi connectivity index (χ1n) is 5.33. The summed E-state index contributed by atoms with van der Waals surface area (Å²) in [5.41, 5.74) is 0. The summed E-state index contributed by atoms with van der Waals surface area (Å²) in [5, 5.41) is 3.24. The van der Waals surface area contributed by atoms with Gasteiger partial charge in [-0.2, -0.15) is 0 Å². The van der Waals surface area contributed by atoms with E-state index in [1.54, 1.807) is 4.31 Å². The number of nitrogens with zero attached hydrogens (tertiary/aromatic N) is 1. The van der Waals surface area contributed by atoms with Crippen molar-refractivity contribution in [1.29, 1.82) is 0 Å². The molecule has 1 saturated heterocycles. The summed E-state index contributed by atoms with van der Waals surface area (Å²) in [6.07, 6.45) is 2.65. The summed E-state index contributed by atoms with van der Waals surface area (Å²) in [6.45, 7) is 4.22. The average molecular weight is 218 g/mol. The molecule has 2 rings (SSSR count). The monoisotopic (exact) mass is 218 g/mol. The molecule has 0 aromatic heterocycles. The molecule has 2 fully saturated rings. The molecule has 1 aliphatic heterocycles. The van der Waals surface area contributed by atoms with Crippen LogP contribution in [0.1, 0.15) is 26.2 Å². The van der Waals surface area contributed by atoms with Gasteiger partial charge in [-0.05, 0) is 26.2 Å². The molecule has 1 atom stereocenters. The van der Waals surface area contributed by atoms with Crippen LogP contribution in [0.3, 0.4) is 0 Å². The molecule has 14 heavy (non-hydrogen) atoms. The maximum atomic E-state index is 11.9. The minimum Gasteiger partial charge on any atom is -0.313 e. The predicted molar refractivity (Wildman–Crippen MR) is 55.6 cm³/mol. The van der Waals surface area contributed by atoms with E-state index in [-0.39, 0.29) is 5.25 Å². The molecular weight excluding hydrogens is 200 g/mol. The van der Waals surface area contributed by atoms with Gasteiger partial charge in [0.2, 0.25) is 10.0 Å². The van der Waals surface area contributed by atoms with Gasteiger partial charge in [0.15, 0.2) is 0 Å². The van der Waals surface area contributed by atoms with Gasteiger partial charge in [0.1, 0.15) is 0 Å². The summed E-state index contributed by atoms with van der Waals surface area (Å²) >= 11 is 0. The predicted octanol–water partition coefficient (Wildman–Crippen LogP) is 0.162. The average Bonchev–Trinajstić information content (AvgIpc) is 2.89. The molecule has 0 amide bonds. The highest BCUT2D eigenvalue weighted by molar-refractivity contribution is 7.90. The number of hydrogen-bond donors (Lipinski definition) is 1. The molecule has 1 heterocycles. The van der Waals surface area contributed by atoms with Gasteiger partial charge in [-0.3, -0.25) is 0 Å². The van der Waals surface area contributed by atoms with Gasteiger partial charge >= 0.3 is 0 Å². The Morgan fingerprint density at radius 2 is 1.93 bits per heavy atom. The topological polar surface area (TPSA) is 49.4 Å². The number of sulfonamides is 1. The van der Waals surface area contributed by atoms with Crippen molar-refractivity contribution in [3.8, 4) is 0 Å². The van der Waals surface area contributed by atoms with Crippen LogP contribution in [0.5, 0.6) is 0 Å². The summed E-state index contributed by atoms with van der Waals surface area (Å²) < 4.78 is 25.5. The van der Waals surface area contributed by atoms with Gasteiger partial charge < -0.3 is 5.32 Å². The summed E-state index contributed by atoms with van der Waals surface area (Å²) in [4.78, 5) is 0. The second-order valence-corrected chi connectivity index (χ2v) is 6.50. The van der Waals surface area contributed by atoms with Crippen LogP contribution in [0.25, 0.3) is 0 Å². The number of hydrogen-bond acceptors (Lipinski definition) is 3. The highest BCUT2D eigenvalue weighted by Crippen LogP contribution is 2.31. The Labute approximate surface area is 85.7 Å². The van der Waals surface area contributed by atoms with Gasteiger partial charge in [0, 0.05) is 25.7 Å². The molecule has 1 saturated carbocycles. The normalized spacial score (nSPS) is 31.4. The van der Waals surface area contributed by atoms with E-state index in [0.717, 1.165) is 25.8 Å². The van der Waals surface area contributed by atoms with Gasteiger partial charge in [0.05, 0.1) is 5.25 Å². The molecule has 0 radical (unpaired) electrons. The molecule has 1 N–H and O–H groups in total. The first-order chi connectivity index (χ1) is 6.60. The van der Waals surface area contributed by atoms with Crippen LogP contribution >= 0.6 is 0 Å². The molecule has 4 nitrogen and oxygen atoms in total. The summed E-state index contributed by atoms with van der Waals surface area (Å²) in [7, 11) is -2.94. The lowest BCUT2D eigenvalue weighted by atomic mass is 10.2. The molecule has 0 aromatic rings. The minimum atomic E-state index is -2.94. The maximum absolute atomic E-state index is 11.9. The zero-order valence-corrected chi connectivity index (χ0v) is 9.39. The van der Waals surface area contributed by atoms with Crippen molar-refractivity contribution >= 4 is 10.0 Å². The summed E-state index contributed by atoms with van der Waals surface area (Å²) in [5.74, 6) is 0. The third-order valence-corrected chi connectivity index (χ3v) is 5.37. The third kappa shape index (κ3) is 2.10. The largest absolute Gasteiger partial charge is 0.313 e. The van der Waals surface area contributed by atoms with E-state index in [9.17, 15) is 8.42 Å². The number of nitrogens with one attached hydrogen (secondary N) is 1. The fourth-order valence-electron chi connectivity index (χ4n) is 1.82. The van der Waals surface area contributed by atoms with Crippen molar-refractivity contribution in [2.45, 2.75) is 37.5 Å². The van der Waals surface area contributed by atoms with Gasteiger partial charge in [-0.1, -0.05) is 0 Å². The minimum absolute atomic E-state index is 0.0593. The van der Waals surface area contributed by atoms with Gasteiger partial charge in [0.25, 0.3) is 0 Å².